The van der Waals surface area contributed by atoms with E-state index in [1.54, 1.807) is 20.2 Å². The van der Waals surface area contributed by atoms with E-state index in [4.69, 9.17) is 19.4 Å². The van der Waals surface area contributed by atoms with Crippen LogP contribution in [0.4, 0.5) is 10.6 Å². The zero-order valence-electron chi connectivity index (χ0n) is 14.8. The molecule has 144 valence electrons. The average molecular weight is 380 g/mol. The molecule has 1 aromatic heterocycles. The lowest BCUT2D eigenvalue weighted by atomic mass is 9.93. The van der Waals surface area contributed by atoms with Crippen molar-refractivity contribution in [2.45, 2.75) is 26.2 Å². The molecule has 0 aromatic carbocycles. The Morgan fingerprint density at radius 3 is 2.24 bits per heavy atom. The number of nitrogens with one attached hydrogen (secondary N) is 2. The molecule has 0 spiro atoms. The van der Waals surface area contributed by atoms with Gasteiger partial charge in [0.1, 0.15) is 5.76 Å². The van der Waals surface area contributed by atoms with Gasteiger partial charge in [-0.2, -0.15) is 0 Å². The molecule has 2 amide bonds. The highest BCUT2D eigenvalue weighted by atomic mass is 31.2. The molecule has 0 aliphatic heterocycles. The van der Waals surface area contributed by atoms with E-state index in [0.29, 0.717) is 5.82 Å². The zero-order chi connectivity index (χ0) is 19.8. The van der Waals surface area contributed by atoms with Crippen molar-refractivity contribution in [1.82, 2.24) is 15.4 Å². The third-order valence-electron chi connectivity index (χ3n) is 2.48. The molecule has 0 aliphatic carbocycles. The van der Waals surface area contributed by atoms with E-state index in [1.165, 1.54) is 4.90 Å². The Kier molecular flexibility index (Phi) is 8.78. The van der Waals surface area contributed by atoms with E-state index in [2.05, 4.69) is 15.8 Å². The zero-order valence-corrected chi connectivity index (χ0v) is 15.7. The molecule has 0 radical (unpaired) electrons. The highest BCUT2D eigenvalue weighted by molar-refractivity contribution is 7.51. The number of aliphatic carboxylic acids is 1. The first-order chi connectivity index (χ1) is 11.2. The molecule has 25 heavy (non-hydrogen) atoms. The molecule has 5 N–H and O–H groups in total. The Bertz CT molecular complexity index is 618. The summed E-state index contributed by atoms with van der Waals surface area (Å²) in [5.74, 6) is 0.0450. The molecule has 0 unspecified atom stereocenters. The molecule has 12 heteroatoms. The number of rotatable bonds is 5. The molecule has 1 aromatic rings. The third kappa shape index (κ3) is 11.3. The van der Waals surface area contributed by atoms with Gasteiger partial charge in [0.25, 0.3) is 0 Å². The lowest BCUT2D eigenvalue weighted by molar-refractivity contribution is -0.135. The Morgan fingerprint density at radius 2 is 1.88 bits per heavy atom. The van der Waals surface area contributed by atoms with Gasteiger partial charge in [-0.15, -0.1) is 0 Å². The number of aromatic nitrogens is 1. The predicted molar refractivity (Wildman–Crippen MR) is 90.5 cm³/mol. The van der Waals surface area contributed by atoms with E-state index in [0.717, 1.165) is 5.76 Å². The summed E-state index contributed by atoms with van der Waals surface area (Å²) in [6, 6.07) is 1.52. The van der Waals surface area contributed by atoms with Crippen LogP contribution in [0.2, 0.25) is 0 Å². The third-order valence-corrected chi connectivity index (χ3v) is 3.12. The number of carboxylic acids is 1. The van der Waals surface area contributed by atoms with Gasteiger partial charge in [-0.1, -0.05) is 25.9 Å². The van der Waals surface area contributed by atoms with Crippen molar-refractivity contribution < 1.29 is 33.6 Å². The highest BCUT2D eigenvalue weighted by Crippen LogP contribution is 2.31. The topological polar surface area (TPSA) is 165 Å². The number of carbonyl (C=O) groups is 2. The van der Waals surface area contributed by atoms with Gasteiger partial charge >= 0.3 is 19.6 Å². The number of urea groups is 1. The van der Waals surface area contributed by atoms with E-state index in [9.17, 15) is 14.2 Å². The Balaban J connectivity index is 0.000000504. The van der Waals surface area contributed by atoms with Crippen LogP contribution in [0.25, 0.3) is 0 Å². The van der Waals surface area contributed by atoms with Gasteiger partial charge in [0.15, 0.2) is 5.82 Å². The van der Waals surface area contributed by atoms with Crippen molar-refractivity contribution in [3.63, 3.8) is 0 Å². The van der Waals surface area contributed by atoms with Gasteiger partial charge in [-0.05, 0) is 0 Å². The fourth-order valence-electron chi connectivity index (χ4n) is 1.22. The van der Waals surface area contributed by atoms with Crippen molar-refractivity contribution in [3.05, 3.63) is 11.8 Å². The number of carboxylic acid groups (broad SMARTS) is 1. The molecule has 1 heterocycles. The maximum atomic E-state index is 11.3. The average Bonchev–Trinajstić information content (AvgIpc) is 2.85. The second kappa shape index (κ2) is 9.52. The number of nitrogens with zero attached hydrogens (tertiary/aromatic N) is 2. The summed E-state index contributed by atoms with van der Waals surface area (Å²) in [6.45, 7) is 5.62. The van der Waals surface area contributed by atoms with E-state index in [-0.39, 0.29) is 11.4 Å². The molecule has 0 saturated carbocycles. The van der Waals surface area contributed by atoms with E-state index in [1.807, 2.05) is 20.8 Å². The van der Waals surface area contributed by atoms with Crippen LogP contribution in [0.3, 0.4) is 0 Å². The summed E-state index contributed by atoms with van der Waals surface area (Å²) in [6.07, 6.45) is -0.598. The van der Waals surface area contributed by atoms with Crippen molar-refractivity contribution in [2.75, 3.05) is 32.2 Å². The fourth-order valence-corrected chi connectivity index (χ4v) is 1.62. The maximum absolute atomic E-state index is 11.3. The van der Waals surface area contributed by atoms with Crippen LogP contribution in [0, 0.1) is 0 Å². The molecule has 0 aliphatic rings. The minimum atomic E-state index is -4.10. The Labute approximate surface area is 145 Å². The molecule has 1 rings (SSSR count). The van der Waals surface area contributed by atoms with E-state index < -0.39 is 26.4 Å². The van der Waals surface area contributed by atoms with Crippen LogP contribution in [-0.2, 0) is 14.8 Å². The van der Waals surface area contributed by atoms with Crippen molar-refractivity contribution in [3.8, 4) is 0 Å². The standard InChI is InChI=1S/C10H17N3O2.C3H8NO5P/c1-10(2,3)7-6-8(12-15-7)11-9(14)13(4)5;5-3(6)1-4-2-10(7,8)9/h6H,1-5H3,(H,11,12,14);4H,1-2H2,(H,5,6)(H2,7,8,9). The molecule has 0 saturated heterocycles. The van der Waals surface area contributed by atoms with Crippen molar-refractivity contribution in [1.29, 1.82) is 0 Å². The Morgan fingerprint density at radius 1 is 1.32 bits per heavy atom. The number of anilines is 1. The number of hydrogen-bond donors (Lipinski definition) is 5. The smallest absolute Gasteiger partial charge is 0.339 e. The van der Waals surface area contributed by atoms with Gasteiger partial charge in [0.2, 0.25) is 0 Å². The van der Waals surface area contributed by atoms with Gasteiger partial charge in [0, 0.05) is 25.6 Å². The minimum absolute atomic E-state index is 0.103. The first-order valence-electron chi connectivity index (χ1n) is 7.15. The molecule has 0 fully saturated rings. The minimum Gasteiger partial charge on any atom is -0.480 e. The first kappa shape index (κ1) is 23.1. The van der Waals surface area contributed by atoms with Crippen LogP contribution < -0.4 is 10.6 Å². The summed E-state index contributed by atoms with van der Waals surface area (Å²) in [5, 5.41) is 16.4. The summed E-state index contributed by atoms with van der Waals surface area (Å²) in [5.41, 5.74) is -0.103. The second-order valence-corrected chi connectivity index (χ2v) is 7.94. The molecule has 11 nitrogen and oxygen atoms in total. The number of amides is 2. The van der Waals surface area contributed by atoms with Gasteiger partial charge in [0.05, 0.1) is 12.8 Å². The van der Waals surface area contributed by atoms with Crippen molar-refractivity contribution >= 4 is 25.4 Å². The fraction of sp³-hybridized carbons (Fsp3) is 0.615. The van der Waals surface area contributed by atoms with Crippen LogP contribution in [0.1, 0.15) is 26.5 Å². The molecular formula is C13H25N4O7P. The second-order valence-electron chi connectivity index (χ2n) is 6.29. The lowest BCUT2D eigenvalue weighted by Crippen LogP contribution is -2.27. The summed E-state index contributed by atoms with van der Waals surface area (Å²) < 4.78 is 15.2. The molecule has 0 bridgehead atoms. The highest BCUT2D eigenvalue weighted by Gasteiger charge is 2.20. The van der Waals surface area contributed by atoms with E-state index >= 15 is 0 Å². The summed E-state index contributed by atoms with van der Waals surface area (Å²) in [4.78, 5) is 38.9. The Hall–Kier alpha value is -1.94. The monoisotopic (exact) mass is 380 g/mol. The van der Waals surface area contributed by atoms with Crippen LogP contribution >= 0.6 is 7.60 Å². The maximum Gasteiger partial charge on any atom is 0.339 e. The lowest BCUT2D eigenvalue weighted by Gasteiger charge is -2.12. The van der Waals surface area contributed by atoms with Crippen molar-refractivity contribution in [2.24, 2.45) is 0 Å². The normalized spacial score (nSPS) is 11.3. The quantitative estimate of drug-likeness (QED) is 0.466. The number of hydrogen-bond acceptors (Lipinski definition) is 6. The number of carbonyl (C=O) groups excluding carboxylic acids is 1. The SMILES string of the molecule is CN(C)C(=O)Nc1cc(C(C)(C)C)on1.O=C(O)CNCP(=O)(O)O. The summed E-state index contributed by atoms with van der Waals surface area (Å²) >= 11 is 0. The van der Waals surface area contributed by atoms with Gasteiger partial charge in [-0.25, -0.2) is 4.79 Å². The van der Waals surface area contributed by atoms with Crippen LogP contribution in [-0.4, -0.2) is 63.9 Å². The van der Waals surface area contributed by atoms with Gasteiger partial charge < -0.3 is 24.3 Å². The van der Waals surface area contributed by atoms with Gasteiger partial charge in [-0.3, -0.25) is 20.0 Å². The van der Waals surface area contributed by atoms with Crippen LogP contribution in [0.15, 0.2) is 10.6 Å². The molecular weight excluding hydrogens is 355 g/mol. The summed E-state index contributed by atoms with van der Waals surface area (Å²) in [7, 11) is -0.763. The largest absolute Gasteiger partial charge is 0.480 e. The first-order valence-corrected chi connectivity index (χ1v) is 8.94. The van der Waals surface area contributed by atoms with Crippen LogP contribution in [0.5, 0.6) is 0 Å². The molecule has 0 atom stereocenters. The predicted octanol–water partition coefficient (Wildman–Crippen LogP) is 0.861.